The molecule has 0 radical (unpaired) electrons. The molecule has 2 amide bonds. The van der Waals surface area contributed by atoms with E-state index in [4.69, 9.17) is 5.73 Å². The normalized spacial score (nSPS) is 13.1. The highest BCUT2D eigenvalue weighted by atomic mass is 32.1. The Hall–Kier alpha value is -3.38. The Morgan fingerprint density at radius 3 is 2.52 bits per heavy atom. The number of thiophene rings is 1. The number of carbonyl (C=O) groups is 2. The molecule has 1 heterocycles. The van der Waals surface area contributed by atoms with Crippen LogP contribution in [0.25, 0.3) is 10.1 Å². The average molecular weight is 434 g/mol. The molecule has 1 atom stereocenters. The van der Waals surface area contributed by atoms with Crippen LogP contribution >= 0.6 is 11.3 Å². The molecule has 3 aromatic rings. The highest BCUT2D eigenvalue weighted by Crippen LogP contribution is 2.29. The van der Waals surface area contributed by atoms with Gasteiger partial charge in [-0.15, -0.1) is 11.3 Å². The lowest BCUT2D eigenvalue weighted by Crippen LogP contribution is -2.26. The summed E-state index contributed by atoms with van der Waals surface area (Å²) in [7, 11) is 0. The summed E-state index contributed by atoms with van der Waals surface area (Å²) in [6.45, 7) is 5.79. The number of hydrogen-bond acceptors (Lipinski definition) is 4. The molecular weight excluding hydrogens is 406 g/mol. The minimum atomic E-state index is -0.186. The van der Waals surface area contributed by atoms with Gasteiger partial charge in [0.25, 0.3) is 11.8 Å². The Balaban J connectivity index is 1.76. The van der Waals surface area contributed by atoms with Crippen molar-refractivity contribution in [3.05, 3.63) is 94.1 Å². The van der Waals surface area contributed by atoms with Gasteiger partial charge in [-0.25, -0.2) is 0 Å². The summed E-state index contributed by atoms with van der Waals surface area (Å²) < 4.78 is 0.988. The quantitative estimate of drug-likeness (QED) is 0.443. The fourth-order valence-corrected chi connectivity index (χ4v) is 4.21. The smallest absolute Gasteiger partial charge is 0.265 e. The molecule has 0 bridgehead atoms. The van der Waals surface area contributed by atoms with E-state index in [2.05, 4.69) is 10.6 Å². The second-order valence-corrected chi connectivity index (χ2v) is 8.28. The molecule has 5 nitrogen and oxygen atoms in total. The molecule has 0 aliphatic rings. The first-order valence-corrected chi connectivity index (χ1v) is 11.1. The fourth-order valence-electron chi connectivity index (χ4n) is 3.21. The number of amides is 2. The summed E-state index contributed by atoms with van der Waals surface area (Å²) in [5.41, 5.74) is 8.80. The maximum Gasteiger partial charge on any atom is 0.265 e. The van der Waals surface area contributed by atoms with Gasteiger partial charge in [0.1, 0.15) is 0 Å². The fraction of sp³-hybridized carbons (Fsp3) is 0.200. The third-order valence-electron chi connectivity index (χ3n) is 4.92. The molecule has 1 unspecified atom stereocenters. The van der Waals surface area contributed by atoms with Crippen molar-refractivity contribution < 1.29 is 9.59 Å². The van der Waals surface area contributed by atoms with E-state index in [1.54, 1.807) is 18.2 Å². The van der Waals surface area contributed by atoms with Gasteiger partial charge in [-0.2, -0.15) is 0 Å². The predicted molar refractivity (Wildman–Crippen MR) is 128 cm³/mol. The highest BCUT2D eigenvalue weighted by molar-refractivity contribution is 7.20. The summed E-state index contributed by atoms with van der Waals surface area (Å²) in [4.78, 5) is 25.8. The summed E-state index contributed by atoms with van der Waals surface area (Å²) in [5, 5.41) is 6.90. The standard InChI is InChI=1S/C25H27N3O2S/c1-4-9-20(26)21(5-2)28-25(30)23-15-19-13-12-18(14-22(19)31-23)16(3)27-24(29)17-10-7-6-8-11-17/h5-16H,4,26H2,1-3H3,(H,27,29)(H,28,30)/b20-9+,21-5+. The number of hydrogen-bond donors (Lipinski definition) is 3. The minimum absolute atomic E-state index is 0.115. The van der Waals surface area contributed by atoms with E-state index in [1.165, 1.54) is 11.3 Å². The summed E-state index contributed by atoms with van der Waals surface area (Å²) in [5.74, 6) is -0.301. The highest BCUT2D eigenvalue weighted by Gasteiger charge is 2.15. The molecule has 3 rings (SSSR count). The third-order valence-corrected chi connectivity index (χ3v) is 6.02. The number of fused-ring (bicyclic) bond motifs is 1. The first-order chi connectivity index (χ1) is 14.9. The van der Waals surface area contributed by atoms with Crippen LogP contribution in [-0.4, -0.2) is 11.8 Å². The van der Waals surface area contributed by atoms with Crippen LogP contribution in [0.15, 0.2) is 78.1 Å². The van der Waals surface area contributed by atoms with Crippen molar-refractivity contribution in [1.82, 2.24) is 10.6 Å². The molecule has 2 aromatic carbocycles. The SMILES string of the molecule is C/C=C(NC(=O)c1cc2ccc(C(C)NC(=O)c3ccccc3)cc2s1)\C(N)=C/CC. The van der Waals surface area contributed by atoms with Crippen LogP contribution in [-0.2, 0) is 0 Å². The Labute approximate surface area is 186 Å². The number of nitrogens with two attached hydrogens (primary N) is 1. The number of nitrogens with one attached hydrogen (secondary N) is 2. The monoisotopic (exact) mass is 433 g/mol. The van der Waals surface area contributed by atoms with Crippen LogP contribution < -0.4 is 16.4 Å². The molecular formula is C25H27N3O2S. The minimum Gasteiger partial charge on any atom is -0.397 e. The van der Waals surface area contributed by atoms with E-state index in [9.17, 15) is 9.59 Å². The van der Waals surface area contributed by atoms with E-state index < -0.39 is 0 Å². The summed E-state index contributed by atoms with van der Waals surface area (Å²) >= 11 is 1.42. The zero-order chi connectivity index (χ0) is 22.4. The van der Waals surface area contributed by atoms with Crippen molar-refractivity contribution >= 4 is 33.2 Å². The van der Waals surface area contributed by atoms with Gasteiger partial charge in [0.15, 0.2) is 0 Å². The van der Waals surface area contributed by atoms with Crippen molar-refractivity contribution in [3.63, 3.8) is 0 Å². The lowest BCUT2D eigenvalue weighted by Gasteiger charge is -2.14. The van der Waals surface area contributed by atoms with Crippen LogP contribution in [0.2, 0.25) is 0 Å². The Bertz CT molecular complexity index is 1150. The van der Waals surface area contributed by atoms with Gasteiger partial charge < -0.3 is 16.4 Å². The predicted octanol–water partition coefficient (Wildman–Crippen LogP) is 5.28. The van der Waals surface area contributed by atoms with E-state index in [0.717, 1.165) is 22.1 Å². The molecule has 0 saturated carbocycles. The number of rotatable bonds is 7. The van der Waals surface area contributed by atoms with Crippen LogP contribution in [0.3, 0.4) is 0 Å². The molecule has 160 valence electrons. The lowest BCUT2D eigenvalue weighted by molar-refractivity contribution is 0.0937. The molecule has 0 fully saturated rings. The van der Waals surface area contributed by atoms with Crippen LogP contribution in [0, 0.1) is 0 Å². The van der Waals surface area contributed by atoms with E-state index >= 15 is 0 Å². The molecule has 0 spiro atoms. The van der Waals surface area contributed by atoms with Gasteiger partial charge in [0.2, 0.25) is 0 Å². The van der Waals surface area contributed by atoms with Gasteiger partial charge in [0.05, 0.1) is 22.3 Å². The molecule has 0 aliphatic carbocycles. The van der Waals surface area contributed by atoms with Gasteiger partial charge in [-0.3, -0.25) is 9.59 Å². The first-order valence-electron chi connectivity index (χ1n) is 10.3. The zero-order valence-corrected chi connectivity index (χ0v) is 18.8. The number of carbonyl (C=O) groups excluding carboxylic acids is 2. The zero-order valence-electron chi connectivity index (χ0n) is 17.9. The third kappa shape index (κ3) is 5.41. The molecule has 1 aromatic heterocycles. The van der Waals surface area contributed by atoms with Gasteiger partial charge in [-0.05, 0) is 55.5 Å². The Morgan fingerprint density at radius 1 is 1.10 bits per heavy atom. The number of allylic oxidation sites excluding steroid dienone is 2. The molecule has 0 aliphatic heterocycles. The lowest BCUT2D eigenvalue weighted by atomic mass is 10.1. The van der Waals surface area contributed by atoms with Crippen molar-refractivity contribution in [2.24, 2.45) is 5.73 Å². The second kappa shape index (κ2) is 10.1. The van der Waals surface area contributed by atoms with Crippen molar-refractivity contribution in [2.75, 3.05) is 0 Å². The molecule has 4 N–H and O–H groups in total. The van der Waals surface area contributed by atoms with Crippen molar-refractivity contribution in [2.45, 2.75) is 33.2 Å². The molecule has 31 heavy (non-hydrogen) atoms. The average Bonchev–Trinajstić information content (AvgIpc) is 3.21. The van der Waals surface area contributed by atoms with Gasteiger partial charge in [0, 0.05) is 10.3 Å². The van der Waals surface area contributed by atoms with E-state index in [-0.39, 0.29) is 17.9 Å². The molecule has 0 saturated heterocycles. The van der Waals surface area contributed by atoms with Crippen molar-refractivity contribution in [3.8, 4) is 0 Å². The maximum atomic E-state index is 12.7. The summed E-state index contributed by atoms with van der Waals surface area (Å²) in [6, 6.07) is 16.8. The van der Waals surface area contributed by atoms with Crippen molar-refractivity contribution in [1.29, 1.82) is 0 Å². The topological polar surface area (TPSA) is 84.2 Å². The molecule has 6 heteroatoms. The van der Waals surface area contributed by atoms with E-state index in [0.29, 0.717) is 21.8 Å². The van der Waals surface area contributed by atoms with Gasteiger partial charge in [-0.1, -0.05) is 49.4 Å². The van der Waals surface area contributed by atoms with Crippen LogP contribution in [0.4, 0.5) is 0 Å². The second-order valence-electron chi connectivity index (χ2n) is 7.19. The maximum absolute atomic E-state index is 12.7. The first kappa shape index (κ1) is 22.3. The summed E-state index contributed by atoms with van der Waals surface area (Å²) in [6.07, 6.45) is 4.46. The van der Waals surface area contributed by atoms with Crippen LogP contribution in [0.5, 0.6) is 0 Å². The number of benzene rings is 2. The Kier molecular flexibility index (Phi) is 7.26. The van der Waals surface area contributed by atoms with Crippen LogP contribution in [0.1, 0.15) is 58.8 Å². The van der Waals surface area contributed by atoms with E-state index in [1.807, 2.05) is 69.3 Å². The Morgan fingerprint density at radius 2 is 1.84 bits per heavy atom. The largest absolute Gasteiger partial charge is 0.397 e. The van der Waals surface area contributed by atoms with Gasteiger partial charge >= 0.3 is 0 Å².